The van der Waals surface area contributed by atoms with Crippen LogP contribution in [0.3, 0.4) is 0 Å². The van der Waals surface area contributed by atoms with Gasteiger partial charge in [-0.2, -0.15) is 0 Å². The van der Waals surface area contributed by atoms with Gasteiger partial charge in [-0.15, -0.1) is 5.10 Å². The van der Waals surface area contributed by atoms with Gasteiger partial charge in [0, 0.05) is 37.6 Å². The summed E-state index contributed by atoms with van der Waals surface area (Å²) in [6.45, 7) is 2.97. The van der Waals surface area contributed by atoms with Gasteiger partial charge < -0.3 is 4.74 Å². The first kappa shape index (κ1) is 15.6. The third-order valence-corrected chi connectivity index (χ3v) is 5.13. The van der Waals surface area contributed by atoms with Crippen molar-refractivity contribution in [1.29, 1.82) is 0 Å². The van der Waals surface area contributed by atoms with Crippen LogP contribution in [0.1, 0.15) is 17.3 Å². The molecular weight excluding hydrogens is 333 g/mol. The third-order valence-electron chi connectivity index (χ3n) is 5.13. The van der Waals surface area contributed by atoms with Crippen LogP contribution in [0.5, 0.6) is 0 Å². The second kappa shape index (κ2) is 6.26. The van der Waals surface area contributed by atoms with Crippen molar-refractivity contribution in [2.24, 2.45) is 0 Å². The second-order valence-electron chi connectivity index (χ2n) is 6.80. The predicted molar refractivity (Wildman–Crippen MR) is 92.5 cm³/mol. The molecule has 0 amide bonds. The maximum atomic E-state index is 13.1. The first-order valence-electron chi connectivity index (χ1n) is 8.71. The highest BCUT2D eigenvalue weighted by molar-refractivity contribution is 5.60. The normalized spacial score (nSPS) is 22.2. The lowest BCUT2D eigenvalue weighted by Gasteiger charge is -2.26. The highest BCUT2D eigenvalue weighted by atomic mass is 19.1. The van der Waals surface area contributed by atoms with Gasteiger partial charge in [0.05, 0.1) is 24.4 Å². The summed E-state index contributed by atoms with van der Waals surface area (Å²) in [5.74, 6) is -0.205. The Kier molecular flexibility index (Phi) is 3.76. The molecule has 5 rings (SSSR count). The van der Waals surface area contributed by atoms with Crippen LogP contribution < -0.4 is 0 Å². The molecule has 4 heterocycles. The number of benzene rings is 1. The van der Waals surface area contributed by atoms with E-state index in [0.717, 1.165) is 42.1 Å². The van der Waals surface area contributed by atoms with Crippen molar-refractivity contribution < 1.29 is 9.13 Å². The fourth-order valence-electron chi connectivity index (χ4n) is 3.84. The molecule has 0 saturated carbocycles. The van der Waals surface area contributed by atoms with Gasteiger partial charge in [-0.3, -0.25) is 9.88 Å². The summed E-state index contributed by atoms with van der Waals surface area (Å²) >= 11 is 0. The summed E-state index contributed by atoms with van der Waals surface area (Å²) in [5.41, 5.74) is 3.98. The second-order valence-corrected chi connectivity index (χ2v) is 6.80. The minimum atomic E-state index is -0.205. The summed E-state index contributed by atoms with van der Waals surface area (Å²) in [7, 11) is 0. The average Bonchev–Trinajstić information content (AvgIpc) is 3.27. The van der Waals surface area contributed by atoms with Crippen LogP contribution in [-0.4, -0.2) is 44.1 Å². The summed E-state index contributed by atoms with van der Waals surface area (Å²) in [4.78, 5) is 6.38. The van der Waals surface area contributed by atoms with Crippen molar-refractivity contribution in [2.75, 3.05) is 13.1 Å². The first-order chi connectivity index (χ1) is 12.8. The molecule has 0 unspecified atom stereocenters. The number of likely N-dealkylation sites (tertiary alicyclic amines) is 1. The van der Waals surface area contributed by atoms with Gasteiger partial charge >= 0.3 is 0 Å². The maximum absolute atomic E-state index is 13.1. The minimum absolute atomic E-state index is 0.106. The Labute approximate surface area is 150 Å². The van der Waals surface area contributed by atoms with Gasteiger partial charge in [0.25, 0.3) is 0 Å². The van der Waals surface area contributed by atoms with Crippen molar-refractivity contribution >= 4 is 0 Å². The van der Waals surface area contributed by atoms with E-state index in [1.54, 1.807) is 12.4 Å². The quantitative estimate of drug-likeness (QED) is 0.725. The number of nitrogens with zero attached hydrogens (tertiary/aromatic N) is 5. The molecule has 6 nitrogen and oxygen atoms in total. The molecule has 0 radical (unpaired) electrons. The van der Waals surface area contributed by atoms with Crippen molar-refractivity contribution in [2.45, 2.75) is 25.3 Å². The number of rotatable bonds is 3. The monoisotopic (exact) mass is 351 g/mol. The smallest absolute Gasteiger partial charge is 0.123 e. The molecule has 3 aromatic rings. The van der Waals surface area contributed by atoms with Gasteiger partial charge in [-0.05, 0) is 29.8 Å². The van der Waals surface area contributed by atoms with E-state index in [2.05, 4.69) is 20.2 Å². The number of fused-ring (bicyclic) bond motifs is 3. The lowest BCUT2D eigenvalue weighted by Crippen LogP contribution is -2.32. The molecule has 2 aliphatic rings. The summed E-state index contributed by atoms with van der Waals surface area (Å²) in [6.07, 6.45) is 3.62. The van der Waals surface area contributed by atoms with E-state index in [1.807, 2.05) is 28.9 Å². The number of ether oxygens (including phenoxy) is 1. The molecule has 0 N–H and O–H groups in total. The van der Waals surface area contributed by atoms with Crippen LogP contribution in [0.25, 0.3) is 11.3 Å². The predicted octanol–water partition coefficient (Wildman–Crippen LogP) is 2.43. The Morgan fingerprint density at radius 1 is 1.08 bits per heavy atom. The lowest BCUT2D eigenvalue weighted by atomic mass is 10.1. The SMILES string of the molecule is Fc1ccc(CN2C[C@@H]3OCc4c(-c5ccncc5)nnn4[C@@H]3C2)cc1. The average molecular weight is 351 g/mol. The summed E-state index contributed by atoms with van der Waals surface area (Å²) in [5, 5.41) is 8.81. The van der Waals surface area contributed by atoms with E-state index in [1.165, 1.54) is 12.1 Å². The van der Waals surface area contributed by atoms with E-state index in [-0.39, 0.29) is 18.0 Å². The first-order valence-corrected chi connectivity index (χ1v) is 8.71. The highest BCUT2D eigenvalue weighted by Crippen LogP contribution is 2.34. The zero-order valence-corrected chi connectivity index (χ0v) is 14.1. The number of hydrogen-bond acceptors (Lipinski definition) is 5. The van der Waals surface area contributed by atoms with Crippen LogP contribution in [-0.2, 0) is 17.9 Å². The molecule has 132 valence electrons. The van der Waals surface area contributed by atoms with Crippen molar-refractivity contribution in [3.8, 4) is 11.3 Å². The van der Waals surface area contributed by atoms with Gasteiger partial charge in [-0.25, -0.2) is 9.07 Å². The fourth-order valence-corrected chi connectivity index (χ4v) is 3.84. The minimum Gasteiger partial charge on any atom is -0.368 e. The Hall–Kier alpha value is -2.64. The van der Waals surface area contributed by atoms with E-state index in [0.29, 0.717) is 6.61 Å². The molecule has 0 aliphatic carbocycles. The summed E-state index contributed by atoms with van der Waals surface area (Å²) < 4.78 is 21.2. The van der Waals surface area contributed by atoms with E-state index in [4.69, 9.17) is 4.74 Å². The fraction of sp³-hybridized carbons (Fsp3) is 0.316. The highest BCUT2D eigenvalue weighted by Gasteiger charge is 2.40. The van der Waals surface area contributed by atoms with Gasteiger partial charge in [0.15, 0.2) is 0 Å². The topological polar surface area (TPSA) is 56.1 Å². The molecule has 1 saturated heterocycles. The van der Waals surface area contributed by atoms with Crippen LogP contribution in [0.15, 0.2) is 48.8 Å². The molecule has 7 heteroatoms. The molecule has 2 aromatic heterocycles. The largest absolute Gasteiger partial charge is 0.368 e. The molecule has 0 spiro atoms. The Morgan fingerprint density at radius 2 is 1.88 bits per heavy atom. The van der Waals surface area contributed by atoms with Gasteiger partial charge in [-0.1, -0.05) is 17.3 Å². The van der Waals surface area contributed by atoms with E-state index >= 15 is 0 Å². The maximum Gasteiger partial charge on any atom is 0.123 e. The molecule has 0 bridgehead atoms. The number of pyridine rings is 1. The number of halogens is 1. The molecule has 2 aliphatic heterocycles. The van der Waals surface area contributed by atoms with Crippen LogP contribution in [0.2, 0.25) is 0 Å². The Morgan fingerprint density at radius 3 is 2.69 bits per heavy atom. The Bertz CT molecular complexity index is 911. The molecular formula is C19H18FN5O. The van der Waals surface area contributed by atoms with Gasteiger partial charge in [0.2, 0.25) is 0 Å². The standard InChI is InChI=1S/C19H18FN5O/c20-15-3-1-13(2-4-15)9-24-10-16-18(11-24)26-12-17-19(22-23-25(16)17)14-5-7-21-8-6-14/h1-8,16,18H,9-12H2/t16-,18+/m1/s1. The molecule has 1 fully saturated rings. The number of hydrogen-bond donors (Lipinski definition) is 0. The van der Waals surface area contributed by atoms with E-state index < -0.39 is 0 Å². The molecule has 2 atom stereocenters. The van der Waals surface area contributed by atoms with Crippen molar-refractivity contribution in [1.82, 2.24) is 24.9 Å². The van der Waals surface area contributed by atoms with E-state index in [9.17, 15) is 4.39 Å². The van der Waals surface area contributed by atoms with Crippen LogP contribution in [0.4, 0.5) is 4.39 Å². The summed E-state index contributed by atoms with van der Waals surface area (Å²) in [6, 6.07) is 10.7. The third kappa shape index (κ3) is 2.69. The van der Waals surface area contributed by atoms with Gasteiger partial charge in [0.1, 0.15) is 11.5 Å². The molecule has 1 aromatic carbocycles. The zero-order valence-electron chi connectivity index (χ0n) is 14.1. The zero-order chi connectivity index (χ0) is 17.5. The van der Waals surface area contributed by atoms with Crippen LogP contribution >= 0.6 is 0 Å². The number of aromatic nitrogens is 4. The molecule has 26 heavy (non-hydrogen) atoms. The Balaban J connectivity index is 1.37. The lowest BCUT2D eigenvalue weighted by molar-refractivity contribution is -0.00494. The van der Waals surface area contributed by atoms with Crippen molar-refractivity contribution in [3.63, 3.8) is 0 Å². The van der Waals surface area contributed by atoms with Crippen molar-refractivity contribution in [3.05, 3.63) is 65.9 Å². The van der Waals surface area contributed by atoms with Crippen LogP contribution in [0, 0.1) is 5.82 Å².